The minimum atomic E-state index is -0.261. The van der Waals surface area contributed by atoms with Crippen LogP contribution in [0.15, 0.2) is 35.3 Å². The van der Waals surface area contributed by atoms with Gasteiger partial charge in [0.1, 0.15) is 0 Å². The highest BCUT2D eigenvalue weighted by molar-refractivity contribution is 14.0. The Morgan fingerprint density at radius 1 is 1.30 bits per heavy atom. The van der Waals surface area contributed by atoms with Crippen molar-refractivity contribution >= 4 is 41.8 Å². The third-order valence-corrected chi connectivity index (χ3v) is 4.44. The number of methoxy groups -OCH3 is 1. The average molecular weight is 488 g/mol. The number of carbonyl (C=O) groups excluding carboxylic acids is 2. The molecule has 1 aliphatic heterocycles. The first-order chi connectivity index (χ1) is 12.6. The van der Waals surface area contributed by atoms with Crippen molar-refractivity contribution < 1.29 is 14.3 Å². The molecule has 1 fully saturated rings. The quantitative estimate of drug-likeness (QED) is 0.251. The lowest BCUT2D eigenvalue weighted by Gasteiger charge is -2.18. The number of rotatable bonds is 8. The molecule has 0 aromatic heterocycles. The van der Waals surface area contributed by atoms with E-state index in [0.717, 1.165) is 19.5 Å². The molecule has 0 saturated carbocycles. The van der Waals surface area contributed by atoms with Crippen LogP contribution in [0.25, 0.3) is 0 Å². The van der Waals surface area contributed by atoms with Crippen molar-refractivity contribution in [2.45, 2.75) is 19.3 Å². The highest BCUT2D eigenvalue weighted by Gasteiger charge is 2.29. The summed E-state index contributed by atoms with van der Waals surface area (Å²) in [7, 11) is 3.05. The monoisotopic (exact) mass is 488 g/mol. The molecule has 1 unspecified atom stereocenters. The number of aliphatic imine (C=N–C) groups is 1. The van der Waals surface area contributed by atoms with Crippen LogP contribution in [0.4, 0.5) is 0 Å². The second kappa shape index (κ2) is 12.5. The fourth-order valence-corrected chi connectivity index (χ4v) is 2.96. The molecule has 150 valence electrons. The molecular weight excluding hydrogens is 459 g/mol. The number of amides is 1. The Morgan fingerprint density at radius 2 is 2.04 bits per heavy atom. The number of ether oxygens (including phenoxy) is 1. The summed E-state index contributed by atoms with van der Waals surface area (Å²) in [4.78, 5) is 29.4. The number of carbonyl (C=O) groups is 2. The first kappa shape index (κ1) is 23.2. The Kier molecular flexibility index (Phi) is 10.8. The van der Waals surface area contributed by atoms with Gasteiger partial charge in [-0.25, -0.2) is 0 Å². The first-order valence-electron chi connectivity index (χ1n) is 8.95. The van der Waals surface area contributed by atoms with Gasteiger partial charge in [-0.15, -0.1) is 24.0 Å². The minimum absolute atomic E-state index is 0. The van der Waals surface area contributed by atoms with Crippen LogP contribution >= 0.6 is 24.0 Å². The van der Waals surface area contributed by atoms with Gasteiger partial charge in [0.2, 0.25) is 5.91 Å². The van der Waals surface area contributed by atoms with Gasteiger partial charge in [-0.3, -0.25) is 14.6 Å². The van der Waals surface area contributed by atoms with E-state index in [-0.39, 0.29) is 48.2 Å². The number of hydrogen-bond donors (Lipinski definition) is 2. The van der Waals surface area contributed by atoms with Gasteiger partial charge in [-0.05, 0) is 12.0 Å². The fraction of sp³-hybridized carbons (Fsp3) is 0.526. The van der Waals surface area contributed by atoms with Gasteiger partial charge in [0.05, 0.1) is 13.5 Å². The summed E-state index contributed by atoms with van der Waals surface area (Å²) < 4.78 is 4.60. The fourth-order valence-electron chi connectivity index (χ4n) is 2.96. The van der Waals surface area contributed by atoms with Crippen molar-refractivity contribution in [1.29, 1.82) is 0 Å². The topological polar surface area (TPSA) is 83.0 Å². The van der Waals surface area contributed by atoms with E-state index in [1.807, 2.05) is 23.1 Å². The van der Waals surface area contributed by atoms with Crippen LogP contribution in [0.3, 0.4) is 0 Å². The van der Waals surface area contributed by atoms with Crippen molar-refractivity contribution in [3.05, 3.63) is 35.9 Å². The second-order valence-electron chi connectivity index (χ2n) is 6.35. The summed E-state index contributed by atoms with van der Waals surface area (Å²) in [6, 6.07) is 10.2. The van der Waals surface area contributed by atoms with E-state index in [2.05, 4.69) is 32.5 Å². The molecule has 0 aliphatic carbocycles. The molecule has 0 radical (unpaired) electrons. The second-order valence-corrected chi connectivity index (χ2v) is 6.35. The van der Waals surface area contributed by atoms with E-state index < -0.39 is 0 Å². The molecule has 1 saturated heterocycles. The van der Waals surface area contributed by atoms with E-state index in [9.17, 15) is 9.59 Å². The predicted octanol–water partition coefficient (Wildman–Crippen LogP) is 1.42. The number of likely N-dealkylation sites (tertiary alicyclic amines) is 1. The summed E-state index contributed by atoms with van der Waals surface area (Å²) in [5.74, 6) is 0.839. The zero-order valence-electron chi connectivity index (χ0n) is 15.9. The smallest absolute Gasteiger partial charge is 0.307 e. The van der Waals surface area contributed by atoms with E-state index in [4.69, 9.17) is 0 Å². The molecule has 0 spiro atoms. The molecule has 1 amide bonds. The van der Waals surface area contributed by atoms with Gasteiger partial charge in [0.15, 0.2) is 5.96 Å². The lowest BCUT2D eigenvalue weighted by atomic mass is 10.1. The summed E-state index contributed by atoms with van der Waals surface area (Å²) in [6.45, 7) is 2.65. The van der Waals surface area contributed by atoms with Gasteiger partial charge in [0, 0.05) is 45.6 Å². The Balaban J connectivity index is 0.00000364. The number of hydrogen-bond acceptors (Lipinski definition) is 4. The Hall–Kier alpha value is -1.84. The maximum absolute atomic E-state index is 12.2. The first-order valence-corrected chi connectivity index (χ1v) is 8.95. The summed E-state index contributed by atoms with van der Waals surface area (Å²) in [5.41, 5.74) is 1.25. The Bertz CT molecular complexity index is 625. The molecule has 2 rings (SSSR count). The third kappa shape index (κ3) is 8.15. The summed E-state index contributed by atoms with van der Waals surface area (Å²) in [5, 5.41) is 6.29. The van der Waals surface area contributed by atoms with Crippen molar-refractivity contribution in [3.8, 4) is 0 Å². The molecule has 1 heterocycles. The number of guanidine groups is 1. The molecule has 7 nitrogen and oxygen atoms in total. The number of esters is 1. The lowest BCUT2D eigenvalue weighted by molar-refractivity contribution is -0.140. The number of nitrogens with zero attached hydrogens (tertiary/aromatic N) is 2. The van der Waals surface area contributed by atoms with Crippen LogP contribution in [0.5, 0.6) is 0 Å². The molecule has 0 bridgehead atoms. The number of halogens is 1. The van der Waals surface area contributed by atoms with Crippen LogP contribution in [0.1, 0.15) is 18.4 Å². The minimum Gasteiger partial charge on any atom is -0.469 e. The van der Waals surface area contributed by atoms with E-state index >= 15 is 0 Å². The van der Waals surface area contributed by atoms with Gasteiger partial charge < -0.3 is 20.3 Å². The van der Waals surface area contributed by atoms with Crippen LogP contribution in [-0.4, -0.2) is 63.1 Å². The van der Waals surface area contributed by atoms with E-state index in [1.54, 1.807) is 7.05 Å². The van der Waals surface area contributed by atoms with Gasteiger partial charge >= 0.3 is 5.97 Å². The Labute approximate surface area is 178 Å². The van der Waals surface area contributed by atoms with Crippen molar-refractivity contribution in [2.24, 2.45) is 10.9 Å². The number of benzene rings is 1. The van der Waals surface area contributed by atoms with Crippen LogP contribution < -0.4 is 10.6 Å². The highest BCUT2D eigenvalue weighted by atomic mass is 127. The summed E-state index contributed by atoms with van der Waals surface area (Å²) >= 11 is 0. The van der Waals surface area contributed by atoms with Gasteiger partial charge in [0.25, 0.3) is 0 Å². The maximum Gasteiger partial charge on any atom is 0.307 e. The molecule has 2 N–H and O–H groups in total. The van der Waals surface area contributed by atoms with Gasteiger partial charge in [-0.2, -0.15) is 0 Å². The molecule has 1 aliphatic rings. The Morgan fingerprint density at radius 3 is 2.70 bits per heavy atom. The molecule has 8 heteroatoms. The van der Waals surface area contributed by atoms with Crippen molar-refractivity contribution in [2.75, 3.05) is 40.3 Å². The predicted molar refractivity (Wildman–Crippen MR) is 116 cm³/mol. The number of nitrogens with one attached hydrogen (secondary N) is 2. The molecule has 1 aromatic rings. The average Bonchev–Trinajstić information content (AvgIpc) is 3.03. The van der Waals surface area contributed by atoms with Crippen LogP contribution in [0, 0.1) is 5.92 Å². The molecule has 1 aromatic carbocycles. The SMILES string of the molecule is CN=C(NCCC(=O)OC)NCC1CC(=O)N(CCc2ccccc2)C1.I. The molecule has 27 heavy (non-hydrogen) atoms. The van der Waals surface area contributed by atoms with E-state index in [1.165, 1.54) is 12.7 Å². The van der Waals surface area contributed by atoms with Crippen molar-refractivity contribution in [1.82, 2.24) is 15.5 Å². The molecular formula is C19H29IN4O3. The lowest BCUT2D eigenvalue weighted by Crippen LogP contribution is -2.41. The van der Waals surface area contributed by atoms with Crippen molar-refractivity contribution in [3.63, 3.8) is 0 Å². The van der Waals surface area contributed by atoms with Gasteiger partial charge in [-0.1, -0.05) is 30.3 Å². The zero-order valence-corrected chi connectivity index (χ0v) is 18.3. The van der Waals surface area contributed by atoms with E-state index in [0.29, 0.717) is 25.5 Å². The third-order valence-electron chi connectivity index (χ3n) is 4.44. The largest absolute Gasteiger partial charge is 0.469 e. The zero-order chi connectivity index (χ0) is 18.8. The maximum atomic E-state index is 12.2. The molecule has 1 atom stereocenters. The van der Waals surface area contributed by atoms with Crippen LogP contribution in [-0.2, 0) is 20.7 Å². The standard InChI is InChI=1S/C19H28N4O3.HI/c1-20-19(21-10-8-18(25)26-2)22-13-16-12-17(24)23(14-16)11-9-15-6-4-3-5-7-15;/h3-7,16H,8-14H2,1-2H3,(H2,20,21,22);1H. The summed E-state index contributed by atoms with van der Waals surface area (Å²) in [6.07, 6.45) is 1.72. The highest BCUT2D eigenvalue weighted by Crippen LogP contribution is 2.17. The normalized spacial score (nSPS) is 16.7. The van der Waals surface area contributed by atoms with Crippen LogP contribution in [0.2, 0.25) is 0 Å².